The molecule has 2 aromatic rings. The van der Waals surface area contributed by atoms with Gasteiger partial charge in [0.2, 0.25) is 10.0 Å². The van der Waals surface area contributed by atoms with Crippen LogP contribution in [0.1, 0.15) is 33.3 Å². The molecule has 1 atom stereocenters. The van der Waals surface area contributed by atoms with Gasteiger partial charge in [-0.05, 0) is 57.1 Å². The Morgan fingerprint density at radius 1 is 1.00 bits per heavy atom. The molecule has 0 spiro atoms. The first-order valence-corrected chi connectivity index (χ1v) is 12.1. The quantitative estimate of drug-likeness (QED) is 0.479. The molecule has 0 saturated heterocycles. The summed E-state index contributed by atoms with van der Waals surface area (Å²) in [4.78, 5) is 0.142. The van der Waals surface area contributed by atoms with Crippen LogP contribution in [0.25, 0.3) is 0 Å². The lowest BCUT2D eigenvalue weighted by Crippen LogP contribution is -2.32. The summed E-state index contributed by atoms with van der Waals surface area (Å²) >= 11 is 0. The number of ether oxygens (including phenoxy) is 3. The SMILES string of the molecule is CC.CCOc1ccccc1OCCNC(C)Cc1ccc(OC)c(S(=O)(=O)NC)c1. The second-order valence-electron chi connectivity index (χ2n) is 6.48. The Labute approximate surface area is 187 Å². The molecule has 2 N–H and O–H groups in total. The van der Waals surface area contributed by atoms with Gasteiger partial charge in [-0.1, -0.05) is 32.0 Å². The Morgan fingerprint density at radius 2 is 1.65 bits per heavy atom. The minimum Gasteiger partial charge on any atom is -0.495 e. The van der Waals surface area contributed by atoms with E-state index in [1.165, 1.54) is 14.2 Å². The van der Waals surface area contributed by atoms with Crippen LogP contribution in [-0.2, 0) is 16.4 Å². The number of methoxy groups -OCH3 is 1. The Hall–Kier alpha value is -2.29. The Balaban J connectivity index is 0.00000233. The zero-order chi connectivity index (χ0) is 23.3. The lowest BCUT2D eigenvalue weighted by Gasteiger charge is -2.17. The van der Waals surface area contributed by atoms with E-state index in [0.717, 1.165) is 17.1 Å². The number of para-hydroxylation sites is 2. The number of nitrogens with one attached hydrogen (secondary N) is 2. The molecule has 0 aromatic heterocycles. The highest BCUT2D eigenvalue weighted by Crippen LogP contribution is 2.26. The van der Waals surface area contributed by atoms with Crippen molar-refractivity contribution in [1.29, 1.82) is 0 Å². The van der Waals surface area contributed by atoms with Crippen molar-refractivity contribution in [1.82, 2.24) is 10.0 Å². The van der Waals surface area contributed by atoms with Crippen LogP contribution in [0.3, 0.4) is 0 Å². The standard InChI is InChI=1S/C21H30N2O5S.C2H6/c1-5-27-18-8-6-7-9-19(18)28-13-12-23-16(2)14-17-10-11-20(26-4)21(15-17)29(24,25)22-3;1-2/h6-11,15-16,22-23H,5,12-14H2,1-4H3;1-2H3. The first-order chi connectivity index (χ1) is 14.9. The molecule has 31 heavy (non-hydrogen) atoms. The summed E-state index contributed by atoms with van der Waals surface area (Å²) in [5.74, 6) is 1.78. The molecule has 7 nitrogen and oxygen atoms in total. The summed E-state index contributed by atoms with van der Waals surface area (Å²) in [5.41, 5.74) is 0.905. The average Bonchev–Trinajstić information content (AvgIpc) is 2.79. The van der Waals surface area contributed by atoms with Crippen LogP contribution < -0.4 is 24.2 Å². The average molecular weight is 453 g/mol. The number of benzene rings is 2. The predicted molar refractivity (Wildman–Crippen MR) is 125 cm³/mol. The molecule has 0 radical (unpaired) electrons. The fourth-order valence-electron chi connectivity index (χ4n) is 2.90. The fourth-order valence-corrected chi connectivity index (χ4v) is 3.85. The van der Waals surface area contributed by atoms with Gasteiger partial charge in [-0.2, -0.15) is 0 Å². The van der Waals surface area contributed by atoms with Gasteiger partial charge < -0.3 is 19.5 Å². The molecule has 0 aliphatic heterocycles. The van der Waals surface area contributed by atoms with E-state index in [0.29, 0.717) is 31.9 Å². The van der Waals surface area contributed by atoms with Crippen molar-refractivity contribution >= 4 is 10.0 Å². The van der Waals surface area contributed by atoms with E-state index in [1.807, 2.05) is 58.0 Å². The maximum absolute atomic E-state index is 12.2. The predicted octanol–water partition coefficient (Wildman–Crippen LogP) is 3.63. The Bertz CT molecular complexity index is 887. The zero-order valence-electron chi connectivity index (χ0n) is 19.4. The third kappa shape index (κ3) is 8.40. The molecule has 174 valence electrons. The molecular formula is C23H36N2O5S. The normalized spacial score (nSPS) is 11.8. The first kappa shape index (κ1) is 26.7. The second kappa shape index (κ2) is 13.9. The van der Waals surface area contributed by atoms with Gasteiger partial charge in [-0.15, -0.1) is 0 Å². The summed E-state index contributed by atoms with van der Waals surface area (Å²) in [5, 5.41) is 3.39. The van der Waals surface area contributed by atoms with E-state index >= 15 is 0 Å². The minimum atomic E-state index is -3.59. The third-order valence-electron chi connectivity index (χ3n) is 4.33. The molecule has 8 heteroatoms. The van der Waals surface area contributed by atoms with Crippen LogP contribution in [0.4, 0.5) is 0 Å². The highest BCUT2D eigenvalue weighted by Gasteiger charge is 2.18. The molecule has 0 fully saturated rings. The number of hydrogen-bond donors (Lipinski definition) is 2. The van der Waals surface area contributed by atoms with Crippen molar-refractivity contribution in [3.05, 3.63) is 48.0 Å². The molecule has 0 heterocycles. The maximum Gasteiger partial charge on any atom is 0.244 e. The van der Waals surface area contributed by atoms with Crippen LogP contribution in [0, 0.1) is 0 Å². The van der Waals surface area contributed by atoms with E-state index in [1.54, 1.807) is 12.1 Å². The number of sulfonamides is 1. The topological polar surface area (TPSA) is 85.9 Å². The minimum absolute atomic E-state index is 0.138. The van der Waals surface area contributed by atoms with E-state index in [9.17, 15) is 8.42 Å². The highest BCUT2D eigenvalue weighted by atomic mass is 32.2. The summed E-state index contributed by atoms with van der Waals surface area (Å²) in [6.07, 6.45) is 0.672. The highest BCUT2D eigenvalue weighted by molar-refractivity contribution is 7.89. The van der Waals surface area contributed by atoms with Crippen LogP contribution >= 0.6 is 0 Å². The van der Waals surface area contributed by atoms with Gasteiger partial charge in [0.1, 0.15) is 17.3 Å². The van der Waals surface area contributed by atoms with Gasteiger partial charge in [0, 0.05) is 12.6 Å². The lowest BCUT2D eigenvalue weighted by atomic mass is 10.1. The van der Waals surface area contributed by atoms with Crippen molar-refractivity contribution in [2.45, 2.75) is 45.1 Å². The van der Waals surface area contributed by atoms with Crippen LogP contribution in [0.15, 0.2) is 47.4 Å². The second-order valence-corrected chi connectivity index (χ2v) is 8.34. The van der Waals surface area contributed by atoms with Crippen molar-refractivity contribution in [2.75, 3.05) is 33.9 Å². The maximum atomic E-state index is 12.2. The lowest BCUT2D eigenvalue weighted by molar-refractivity contribution is 0.272. The van der Waals surface area contributed by atoms with Gasteiger partial charge >= 0.3 is 0 Å². The van der Waals surface area contributed by atoms with Crippen LogP contribution in [-0.4, -0.2) is 48.4 Å². The van der Waals surface area contributed by atoms with Gasteiger partial charge in [0.25, 0.3) is 0 Å². The van der Waals surface area contributed by atoms with E-state index in [-0.39, 0.29) is 10.9 Å². The Morgan fingerprint density at radius 3 is 2.23 bits per heavy atom. The molecule has 0 bridgehead atoms. The molecule has 0 amide bonds. The van der Waals surface area contributed by atoms with Crippen LogP contribution in [0.5, 0.6) is 17.2 Å². The monoisotopic (exact) mass is 452 g/mol. The number of rotatable bonds is 12. The molecule has 1 unspecified atom stereocenters. The molecule has 2 aromatic carbocycles. The van der Waals surface area contributed by atoms with E-state index in [4.69, 9.17) is 14.2 Å². The largest absolute Gasteiger partial charge is 0.495 e. The summed E-state index contributed by atoms with van der Waals surface area (Å²) < 4.78 is 43.3. The van der Waals surface area contributed by atoms with Crippen molar-refractivity contribution in [3.63, 3.8) is 0 Å². The van der Waals surface area contributed by atoms with Crippen molar-refractivity contribution in [3.8, 4) is 17.2 Å². The van der Waals surface area contributed by atoms with Crippen molar-refractivity contribution < 1.29 is 22.6 Å². The fraction of sp³-hybridized carbons (Fsp3) is 0.478. The Kier molecular flexibility index (Phi) is 12.0. The van der Waals surface area contributed by atoms with E-state index < -0.39 is 10.0 Å². The summed E-state index contributed by atoms with van der Waals surface area (Å²) in [7, 11) is -0.747. The van der Waals surface area contributed by atoms with E-state index in [2.05, 4.69) is 10.0 Å². The third-order valence-corrected chi connectivity index (χ3v) is 5.77. The van der Waals surface area contributed by atoms with Gasteiger partial charge in [0.15, 0.2) is 11.5 Å². The molecule has 2 rings (SSSR count). The smallest absolute Gasteiger partial charge is 0.244 e. The van der Waals surface area contributed by atoms with Crippen LogP contribution in [0.2, 0.25) is 0 Å². The van der Waals surface area contributed by atoms with Gasteiger partial charge in [0.05, 0.1) is 13.7 Å². The summed E-state index contributed by atoms with van der Waals surface area (Å²) in [6, 6.07) is 12.9. The number of hydrogen-bond acceptors (Lipinski definition) is 6. The molecular weight excluding hydrogens is 416 g/mol. The molecule has 0 saturated carbocycles. The zero-order valence-corrected chi connectivity index (χ0v) is 20.2. The summed E-state index contributed by atoms with van der Waals surface area (Å²) in [6.45, 7) is 9.72. The van der Waals surface area contributed by atoms with Crippen molar-refractivity contribution in [2.24, 2.45) is 0 Å². The van der Waals surface area contributed by atoms with Gasteiger partial charge in [-0.25, -0.2) is 13.1 Å². The molecule has 0 aliphatic carbocycles. The molecule has 0 aliphatic rings. The first-order valence-electron chi connectivity index (χ1n) is 10.6. The van der Waals surface area contributed by atoms with Gasteiger partial charge in [-0.3, -0.25) is 0 Å².